The summed E-state index contributed by atoms with van der Waals surface area (Å²) in [5.41, 5.74) is 0.756. The largest absolute Gasteiger partial charge is 0.415 e. The third-order valence-corrected chi connectivity index (χ3v) is 2.84. The number of alkyl halides is 3. The maximum absolute atomic E-state index is 12.1. The van der Waals surface area contributed by atoms with Crippen LogP contribution in [0.1, 0.15) is 19.4 Å². The molecule has 0 heterocycles. The van der Waals surface area contributed by atoms with Gasteiger partial charge in [-0.25, -0.2) is 0 Å². The molecule has 2 N–H and O–H groups in total. The predicted octanol–water partition coefficient (Wildman–Crippen LogP) is 2.48. The van der Waals surface area contributed by atoms with Gasteiger partial charge in [0.25, 0.3) is 0 Å². The quantitative estimate of drug-likeness (QED) is 0.853. The molecule has 18 heavy (non-hydrogen) atoms. The summed E-state index contributed by atoms with van der Waals surface area (Å²) < 4.78 is 36.3. The van der Waals surface area contributed by atoms with Gasteiger partial charge in [-0.05, 0) is 5.56 Å². The van der Waals surface area contributed by atoms with E-state index in [-0.39, 0.29) is 5.41 Å². The second-order valence-electron chi connectivity index (χ2n) is 4.94. The molecular formula is C13H18F3NO. The topological polar surface area (TPSA) is 32.3 Å². The molecule has 0 fully saturated rings. The van der Waals surface area contributed by atoms with Crippen LogP contribution in [0.5, 0.6) is 0 Å². The van der Waals surface area contributed by atoms with Crippen molar-refractivity contribution < 1.29 is 18.3 Å². The summed E-state index contributed by atoms with van der Waals surface area (Å²) in [7, 11) is 0. The molecule has 0 aliphatic heterocycles. The third kappa shape index (κ3) is 4.31. The molecule has 0 spiro atoms. The monoisotopic (exact) mass is 261 g/mol. The molecule has 102 valence electrons. The fourth-order valence-corrected chi connectivity index (χ4v) is 1.63. The molecule has 0 aromatic heterocycles. The molecule has 0 saturated heterocycles. The molecule has 0 aliphatic carbocycles. The molecule has 0 bridgehead atoms. The third-order valence-electron chi connectivity index (χ3n) is 2.84. The summed E-state index contributed by atoms with van der Waals surface area (Å²) in [5, 5.41) is 11.5. The van der Waals surface area contributed by atoms with E-state index in [0.29, 0.717) is 6.54 Å². The normalized spacial score (nSPS) is 14.6. The molecule has 1 aromatic rings. The van der Waals surface area contributed by atoms with E-state index < -0.39 is 18.8 Å². The zero-order valence-corrected chi connectivity index (χ0v) is 10.5. The van der Waals surface area contributed by atoms with Crippen molar-refractivity contribution in [3.05, 3.63) is 35.9 Å². The molecular weight excluding hydrogens is 243 g/mol. The van der Waals surface area contributed by atoms with E-state index in [9.17, 15) is 13.2 Å². The average molecular weight is 261 g/mol. The SMILES string of the molecule is CC(C)(CNCC(O)C(F)(F)F)c1ccccc1. The van der Waals surface area contributed by atoms with Crippen LogP contribution in [0, 0.1) is 0 Å². The Labute approximate surface area is 105 Å². The maximum Gasteiger partial charge on any atom is 0.415 e. The summed E-state index contributed by atoms with van der Waals surface area (Å²) in [6.45, 7) is 3.76. The Hall–Kier alpha value is -1.07. The van der Waals surface area contributed by atoms with E-state index in [4.69, 9.17) is 5.11 Å². The minimum atomic E-state index is -4.57. The minimum absolute atomic E-state index is 0.285. The number of halogens is 3. The summed E-state index contributed by atoms with van der Waals surface area (Å²) >= 11 is 0. The Morgan fingerprint density at radius 1 is 1.17 bits per heavy atom. The van der Waals surface area contributed by atoms with Crippen LogP contribution in [0.25, 0.3) is 0 Å². The molecule has 0 radical (unpaired) electrons. The Morgan fingerprint density at radius 3 is 2.22 bits per heavy atom. The summed E-state index contributed by atoms with van der Waals surface area (Å²) in [6.07, 6.45) is -6.88. The second-order valence-corrected chi connectivity index (χ2v) is 4.94. The van der Waals surface area contributed by atoms with Crippen LogP contribution in [-0.2, 0) is 5.41 Å². The van der Waals surface area contributed by atoms with E-state index in [0.717, 1.165) is 5.56 Å². The second kappa shape index (κ2) is 5.71. The lowest BCUT2D eigenvalue weighted by Gasteiger charge is -2.26. The zero-order valence-electron chi connectivity index (χ0n) is 10.5. The van der Waals surface area contributed by atoms with Gasteiger partial charge in [0.05, 0.1) is 0 Å². The Bertz CT molecular complexity index is 362. The van der Waals surface area contributed by atoms with E-state index >= 15 is 0 Å². The fraction of sp³-hybridized carbons (Fsp3) is 0.538. The lowest BCUT2D eigenvalue weighted by molar-refractivity contribution is -0.201. The van der Waals surface area contributed by atoms with Gasteiger partial charge in [0.15, 0.2) is 6.10 Å². The predicted molar refractivity (Wildman–Crippen MR) is 64.4 cm³/mol. The standard InChI is InChI=1S/C13H18F3NO/c1-12(2,10-6-4-3-5-7-10)9-17-8-11(18)13(14,15)16/h3-7,11,17-18H,8-9H2,1-2H3. The number of aliphatic hydroxyl groups excluding tert-OH is 1. The van der Waals surface area contributed by atoms with Gasteiger partial charge >= 0.3 is 6.18 Å². The fourth-order valence-electron chi connectivity index (χ4n) is 1.63. The Kier molecular flexibility index (Phi) is 4.76. The first-order valence-corrected chi connectivity index (χ1v) is 5.74. The Balaban J connectivity index is 2.49. The van der Waals surface area contributed by atoms with Gasteiger partial charge < -0.3 is 10.4 Å². The van der Waals surface area contributed by atoms with Gasteiger partial charge in [0.2, 0.25) is 0 Å². The van der Waals surface area contributed by atoms with Crippen molar-refractivity contribution in [1.82, 2.24) is 5.32 Å². The van der Waals surface area contributed by atoms with Crippen molar-refractivity contribution in [1.29, 1.82) is 0 Å². The van der Waals surface area contributed by atoms with Gasteiger partial charge in [-0.1, -0.05) is 44.2 Å². The van der Waals surface area contributed by atoms with Gasteiger partial charge in [0.1, 0.15) is 0 Å². The van der Waals surface area contributed by atoms with Crippen LogP contribution in [0.3, 0.4) is 0 Å². The van der Waals surface area contributed by atoms with Gasteiger partial charge in [-0.2, -0.15) is 13.2 Å². The van der Waals surface area contributed by atoms with E-state index in [1.807, 2.05) is 44.2 Å². The van der Waals surface area contributed by atoms with E-state index in [1.54, 1.807) is 0 Å². The highest BCUT2D eigenvalue weighted by Crippen LogP contribution is 2.22. The van der Waals surface area contributed by atoms with Gasteiger partial charge in [-0.15, -0.1) is 0 Å². The van der Waals surface area contributed by atoms with Crippen molar-refractivity contribution in [2.24, 2.45) is 0 Å². The van der Waals surface area contributed by atoms with Crippen LogP contribution < -0.4 is 5.32 Å². The smallest absolute Gasteiger partial charge is 0.382 e. The van der Waals surface area contributed by atoms with Gasteiger partial charge in [-0.3, -0.25) is 0 Å². The number of hydrogen-bond donors (Lipinski definition) is 2. The van der Waals surface area contributed by atoms with Crippen LogP contribution in [0.2, 0.25) is 0 Å². The van der Waals surface area contributed by atoms with Crippen LogP contribution in [0.4, 0.5) is 13.2 Å². The highest BCUT2D eigenvalue weighted by atomic mass is 19.4. The first-order chi connectivity index (χ1) is 8.23. The highest BCUT2D eigenvalue weighted by Gasteiger charge is 2.37. The first-order valence-electron chi connectivity index (χ1n) is 5.74. The molecule has 1 unspecified atom stereocenters. The number of rotatable bonds is 5. The van der Waals surface area contributed by atoms with Crippen molar-refractivity contribution in [2.75, 3.05) is 13.1 Å². The van der Waals surface area contributed by atoms with Crippen molar-refractivity contribution in [3.63, 3.8) is 0 Å². The molecule has 5 heteroatoms. The number of aliphatic hydroxyl groups is 1. The first kappa shape index (κ1) is 15.0. The van der Waals surface area contributed by atoms with Crippen molar-refractivity contribution >= 4 is 0 Å². The lowest BCUT2D eigenvalue weighted by Crippen LogP contribution is -2.42. The molecule has 0 amide bonds. The van der Waals surface area contributed by atoms with Crippen LogP contribution in [0.15, 0.2) is 30.3 Å². The summed E-state index contributed by atoms with van der Waals surface area (Å²) in [6, 6.07) is 9.54. The molecule has 1 rings (SSSR count). The molecule has 2 nitrogen and oxygen atoms in total. The van der Waals surface area contributed by atoms with E-state index in [1.165, 1.54) is 0 Å². The Morgan fingerprint density at radius 2 is 1.72 bits per heavy atom. The number of hydrogen-bond acceptors (Lipinski definition) is 2. The number of benzene rings is 1. The molecule has 0 saturated carbocycles. The van der Waals surface area contributed by atoms with Crippen molar-refractivity contribution in [2.45, 2.75) is 31.5 Å². The van der Waals surface area contributed by atoms with Crippen LogP contribution in [-0.4, -0.2) is 30.5 Å². The summed E-state index contributed by atoms with van der Waals surface area (Å²) in [5.74, 6) is 0. The summed E-state index contributed by atoms with van der Waals surface area (Å²) in [4.78, 5) is 0. The molecule has 0 aliphatic rings. The minimum Gasteiger partial charge on any atom is -0.382 e. The molecule has 1 aromatic carbocycles. The maximum atomic E-state index is 12.1. The molecule has 1 atom stereocenters. The van der Waals surface area contributed by atoms with Crippen LogP contribution >= 0.6 is 0 Å². The van der Waals surface area contributed by atoms with Gasteiger partial charge in [0, 0.05) is 18.5 Å². The zero-order chi connectivity index (χ0) is 13.8. The van der Waals surface area contributed by atoms with Crippen molar-refractivity contribution in [3.8, 4) is 0 Å². The average Bonchev–Trinajstić information content (AvgIpc) is 2.28. The number of nitrogens with one attached hydrogen (secondary N) is 1. The highest BCUT2D eigenvalue weighted by molar-refractivity contribution is 5.23. The van der Waals surface area contributed by atoms with E-state index in [2.05, 4.69) is 5.32 Å². The lowest BCUT2D eigenvalue weighted by atomic mass is 9.84.